The van der Waals surface area contributed by atoms with Gasteiger partial charge < -0.3 is 10.1 Å². The third-order valence-corrected chi connectivity index (χ3v) is 4.58. The number of halogens is 2. The van der Waals surface area contributed by atoms with E-state index in [9.17, 15) is 13.6 Å². The van der Waals surface area contributed by atoms with E-state index in [4.69, 9.17) is 4.74 Å². The summed E-state index contributed by atoms with van der Waals surface area (Å²) in [5.41, 5.74) is 0.128. The van der Waals surface area contributed by atoms with Crippen LogP contribution in [-0.2, 0) is 0 Å². The van der Waals surface area contributed by atoms with E-state index in [0.717, 1.165) is 23.5 Å². The molecule has 0 aliphatic rings. The van der Waals surface area contributed by atoms with Crippen LogP contribution in [0.4, 0.5) is 14.5 Å². The maximum Gasteiger partial charge on any atom is 0.266 e. The maximum atomic E-state index is 13.7. The lowest BCUT2D eigenvalue weighted by atomic mass is 10.2. The van der Waals surface area contributed by atoms with Crippen molar-refractivity contribution in [1.82, 2.24) is 9.97 Å². The molecule has 0 saturated heterocycles. The van der Waals surface area contributed by atoms with E-state index in [-0.39, 0.29) is 0 Å². The van der Waals surface area contributed by atoms with E-state index in [1.807, 2.05) is 6.92 Å². The molecule has 124 valence electrons. The Labute approximate surface area is 140 Å². The number of nitrogens with one attached hydrogen (secondary N) is 1. The largest absolute Gasteiger partial charge is 0.477 e. The van der Waals surface area contributed by atoms with Crippen molar-refractivity contribution in [3.05, 3.63) is 46.6 Å². The topological polar surface area (TPSA) is 64.1 Å². The van der Waals surface area contributed by atoms with Gasteiger partial charge in [-0.15, -0.1) is 11.3 Å². The van der Waals surface area contributed by atoms with Gasteiger partial charge in [-0.3, -0.25) is 4.79 Å². The zero-order valence-corrected chi connectivity index (χ0v) is 13.7. The highest BCUT2D eigenvalue weighted by molar-refractivity contribution is 7.20. The molecule has 2 heterocycles. The van der Waals surface area contributed by atoms with Crippen molar-refractivity contribution in [2.45, 2.75) is 13.8 Å². The summed E-state index contributed by atoms with van der Waals surface area (Å²) in [6.45, 7) is 3.96. The fourth-order valence-corrected chi connectivity index (χ4v) is 3.32. The van der Waals surface area contributed by atoms with Crippen LogP contribution in [0.2, 0.25) is 0 Å². The lowest BCUT2D eigenvalue weighted by molar-refractivity contribution is 0.102. The summed E-state index contributed by atoms with van der Waals surface area (Å²) in [5, 5.41) is 2.91. The molecule has 3 rings (SSSR count). The van der Waals surface area contributed by atoms with Crippen LogP contribution in [0.1, 0.15) is 22.2 Å². The van der Waals surface area contributed by atoms with E-state index in [0.29, 0.717) is 33.1 Å². The summed E-state index contributed by atoms with van der Waals surface area (Å²) in [4.78, 5) is 21.5. The molecular weight excluding hydrogens is 336 g/mol. The van der Waals surface area contributed by atoms with Crippen LogP contribution in [-0.4, -0.2) is 22.5 Å². The Balaban J connectivity index is 2.02. The standard InChI is InChI=1S/C16H13F2N3O2S/c1-3-23-15-11-8(2)13(24-16(11)20-7-19-15)14(22)21-12-9(17)5-4-6-10(12)18/h4-7H,3H2,1-2H3,(H,21,22). The van der Waals surface area contributed by atoms with Gasteiger partial charge in [-0.25, -0.2) is 18.7 Å². The SMILES string of the molecule is CCOc1ncnc2sc(C(=O)Nc3c(F)cccc3F)c(C)c12. The van der Waals surface area contributed by atoms with Gasteiger partial charge in [0.15, 0.2) is 0 Å². The monoisotopic (exact) mass is 349 g/mol. The Morgan fingerprint density at radius 2 is 2.00 bits per heavy atom. The van der Waals surface area contributed by atoms with Crippen molar-refractivity contribution in [3.63, 3.8) is 0 Å². The van der Waals surface area contributed by atoms with Crippen molar-refractivity contribution < 1.29 is 18.3 Å². The molecule has 0 aliphatic heterocycles. The van der Waals surface area contributed by atoms with Gasteiger partial charge in [0.25, 0.3) is 5.91 Å². The van der Waals surface area contributed by atoms with E-state index in [2.05, 4.69) is 15.3 Å². The van der Waals surface area contributed by atoms with Crippen molar-refractivity contribution in [1.29, 1.82) is 0 Å². The number of thiophene rings is 1. The molecule has 0 saturated carbocycles. The first-order valence-corrected chi connectivity index (χ1v) is 7.96. The minimum absolute atomic E-state index is 0.300. The molecule has 8 heteroatoms. The third-order valence-electron chi connectivity index (χ3n) is 3.38. The number of fused-ring (bicyclic) bond motifs is 1. The van der Waals surface area contributed by atoms with Gasteiger partial charge in [0.2, 0.25) is 5.88 Å². The molecule has 24 heavy (non-hydrogen) atoms. The van der Waals surface area contributed by atoms with Crippen LogP contribution in [0.3, 0.4) is 0 Å². The van der Waals surface area contributed by atoms with Crippen LogP contribution >= 0.6 is 11.3 Å². The number of anilines is 1. The van der Waals surface area contributed by atoms with Crippen molar-refractivity contribution in [2.24, 2.45) is 0 Å². The van der Waals surface area contributed by atoms with Gasteiger partial charge in [0.05, 0.1) is 16.9 Å². The molecule has 0 spiro atoms. The summed E-state index contributed by atoms with van der Waals surface area (Å²) in [7, 11) is 0. The number of hydrogen-bond donors (Lipinski definition) is 1. The zero-order valence-electron chi connectivity index (χ0n) is 12.9. The lowest BCUT2D eigenvalue weighted by Gasteiger charge is -2.07. The molecule has 1 aromatic carbocycles. The van der Waals surface area contributed by atoms with E-state index < -0.39 is 23.2 Å². The Morgan fingerprint density at radius 3 is 2.67 bits per heavy atom. The summed E-state index contributed by atoms with van der Waals surface area (Å²) < 4.78 is 32.9. The second-order valence-electron chi connectivity index (χ2n) is 4.90. The van der Waals surface area contributed by atoms with E-state index in [1.165, 1.54) is 12.4 Å². The molecule has 0 bridgehead atoms. The van der Waals surface area contributed by atoms with Crippen LogP contribution in [0.15, 0.2) is 24.5 Å². The molecule has 5 nitrogen and oxygen atoms in total. The Kier molecular flexibility index (Phi) is 4.39. The molecule has 3 aromatic rings. The first-order valence-electron chi connectivity index (χ1n) is 7.15. The summed E-state index contributed by atoms with van der Waals surface area (Å²) in [5.74, 6) is -1.90. The average molecular weight is 349 g/mol. The number of benzene rings is 1. The molecule has 2 aromatic heterocycles. The highest BCUT2D eigenvalue weighted by Gasteiger charge is 2.21. The van der Waals surface area contributed by atoms with Gasteiger partial charge >= 0.3 is 0 Å². The van der Waals surface area contributed by atoms with Gasteiger partial charge in [-0.05, 0) is 31.5 Å². The molecule has 0 unspecified atom stereocenters. The molecule has 0 fully saturated rings. The Morgan fingerprint density at radius 1 is 1.29 bits per heavy atom. The minimum Gasteiger partial charge on any atom is -0.477 e. The Bertz CT molecular complexity index is 907. The molecular formula is C16H13F2N3O2S. The van der Waals surface area contributed by atoms with Crippen molar-refractivity contribution >= 4 is 33.1 Å². The van der Waals surface area contributed by atoms with Gasteiger partial charge in [0, 0.05) is 0 Å². The van der Waals surface area contributed by atoms with E-state index in [1.54, 1.807) is 6.92 Å². The molecule has 1 amide bonds. The minimum atomic E-state index is -0.836. The highest BCUT2D eigenvalue weighted by atomic mass is 32.1. The van der Waals surface area contributed by atoms with Gasteiger partial charge in [-0.1, -0.05) is 6.07 Å². The van der Waals surface area contributed by atoms with Gasteiger partial charge in [0.1, 0.15) is 28.5 Å². The number of ether oxygens (including phenoxy) is 1. The average Bonchev–Trinajstić information content (AvgIpc) is 2.89. The second-order valence-corrected chi connectivity index (χ2v) is 5.90. The van der Waals surface area contributed by atoms with Crippen LogP contribution in [0.25, 0.3) is 10.2 Å². The fourth-order valence-electron chi connectivity index (χ4n) is 2.29. The van der Waals surface area contributed by atoms with Gasteiger partial charge in [-0.2, -0.15) is 0 Å². The second kappa shape index (κ2) is 6.48. The Hall–Kier alpha value is -2.61. The van der Waals surface area contributed by atoms with Crippen molar-refractivity contribution in [3.8, 4) is 5.88 Å². The quantitative estimate of drug-likeness (QED) is 0.775. The number of aryl methyl sites for hydroxylation is 1. The fraction of sp³-hybridized carbons (Fsp3) is 0.188. The molecule has 0 aliphatic carbocycles. The maximum absolute atomic E-state index is 13.7. The number of rotatable bonds is 4. The van der Waals surface area contributed by atoms with Crippen LogP contribution in [0.5, 0.6) is 5.88 Å². The number of aromatic nitrogens is 2. The number of carbonyl (C=O) groups is 1. The first-order chi connectivity index (χ1) is 11.5. The predicted octanol–water partition coefficient (Wildman–Crippen LogP) is 3.93. The zero-order chi connectivity index (χ0) is 17.3. The molecule has 0 atom stereocenters. The third kappa shape index (κ3) is 2.80. The number of nitrogens with zero attached hydrogens (tertiary/aromatic N) is 2. The summed E-state index contributed by atoms with van der Waals surface area (Å²) in [6.07, 6.45) is 1.35. The number of amides is 1. The first kappa shape index (κ1) is 16.3. The van der Waals surface area contributed by atoms with Crippen LogP contribution < -0.4 is 10.1 Å². The highest BCUT2D eigenvalue weighted by Crippen LogP contribution is 2.35. The molecule has 1 N–H and O–H groups in total. The number of carbonyl (C=O) groups excluding carboxylic acids is 1. The summed E-state index contributed by atoms with van der Waals surface area (Å²) in [6, 6.07) is 3.39. The van der Waals surface area contributed by atoms with E-state index >= 15 is 0 Å². The lowest BCUT2D eigenvalue weighted by Crippen LogP contribution is -2.14. The van der Waals surface area contributed by atoms with Crippen molar-refractivity contribution in [2.75, 3.05) is 11.9 Å². The number of hydrogen-bond acceptors (Lipinski definition) is 5. The normalized spacial score (nSPS) is 10.8. The predicted molar refractivity (Wildman–Crippen MR) is 87.6 cm³/mol. The number of para-hydroxylation sites is 1. The van der Waals surface area contributed by atoms with Crippen LogP contribution in [0, 0.1) is 18.6 Å². The smallest absolute Gasteiger partial charge is 0.266 e. The summed E-state index contributed by atoms with van der Waals surface area (Å²) >= 11 is 1.11. The molecule has 0 radical (unpaired) electrons.